The van der Waals surface area contributed by atoms with Gasteiger partial charge in [0.15, 0.2) is 0 Å². The Kier molecular flexibility index (Phi) is 2.32. The molecule has 1 N–H and O–H groups in total. The van der Waals surface area contributed by atoms with E-state index in [1.807, 2.05) is 0 Å². The molecular weight excluding hydrogens is 166 g/mol. The molecule has 2 heteroatoms. The maximum Gasteiger partial charge on any atom is 0.0779 e. The van der Waals surface area contributed by atoms with E-state index in [4.69, 9.17) is 0 Å². The molecule has 0 atom stereocenters. The van der Waals surface area contributed by atoms with Crippen molar-refractivity contribution >= 4 is 15.9 Å². The molecule has 0 unspecified atom stereocenters. The molecule has 1 fully saturated rings. The molecule has 1 saturated heterocycles. The van der Waals surface area contributed by atoms with E-state index in [0.717, 1.165) is 4.83 Å². The Morgan fingerprint density at radius 2 is 1.88 bits per heavy atom. The molecule has 1 heterocycles. The summed E-state index contributed by atoms with van der Waals surface area (Å²) in [5.74, 6) is 0. The topological polar surface area (TPSA) is 4.44 Å². The van der Waals surface area contributed by atoms with Gasteiger partial charge in [0.2, 0.25) is 0 Å². The highest BCUT2D eigenvalue weighted by Crippen LogP contribution is 2.08. The van der Waals surface area contributed by atoms with E-state index in [2.05, 4.69) is 23.0 Å². The van der Waals surface area contributed by atoms with Crippen molar-refractivity contribution in [3.63, 3.8) is 0 Å². The number of hydrogen-bond donors (Lipinski definition) is 1. The summed E-state index contributed by atoms with van der Waals surface area (Å²) >= 11 is 3.60. The fourth-order valence-corrected chi connectivity index (χ4v) is 1.53. The molecule has 0 spiro atoms. The third kappa shape index (κ3) is 1.75. The Morgan fingerprint density at radius 1 is 1.38 bits per heavy atom. The van der Waals surface area contributed by atoms with E-state index in [9.17, 15) is 0 Å². The number of likely N-dealkylation sites (tertiary alicyclic amines) is 1. The standard InChI is InChI=1S/C6H12BrN/c1-8-4-2-6(7)3-5-8/h6H,2-5H2,1H3/p+1. The van der Waals surface area contributed by atoms with Crippen LogP contribution < -0.4 is 4.90 Å². The molecule has 0 amide bonds. The molecule has 48 valence electrons. The van der Waals surface area contributed by atoms with E-state index in [0.29, 0.717) is 0 Å². The van der Waals surface area contributed by atoms with Crippen molar-refractivity contribution in [2.45, 2.75) is 17.7 Å². The first-order valence-electron chi connectivity index (χ1n) is 3.24. The van der Waals surface area contributed by atoms with Gasteiger partial charge in [-0.25, -0.2) is 0 Å². The van der Waals surface area contributed by atoms with Crippen molar-refractivity contribution in [2.24, 2.45) is 0 Å². The van der Waals surface area contributed by atoms with Crippen LogP contribution in [-0.4, -0.2) is 25.0 Å². The summed E-state index contributed by atoms with van der Waals surface area (Å²) in [5, 5.41) is 0. The van der Waals surface area contributed by atoms with Crippen molar-refractivity contribution in [3.05, 3.63) is 0 Å². The molecule has 0 bridgehead atoms. The quantitative estimate of drug-likeness (QED) is 0.501. The maximum absolute atomic E-state index is 3.60. The Bertz CT molecular complexity index is 56.9. The molecule has 0 aromatic heterocycles. The van der Waals surface area contributed by atoms with Crippen LogP contribution in [0.1, 0.15) is 12.8 Å². The van der Waals surface area contributed by atoms with Gasteiger partial charge in [-0.3, -0.25) is 0 Å². The molecule has 0 radical (unpaired) electrons. The number of quaternary nitrogens is 1. The van der Waals surface area contributed by atoms with E-state index in [1.54, 1.807) is 4.90 Å². The van der Waals surface area contributed by atoms with Crippen LogP contribution in [0.4, 0.5) is 0 Å². The van der Waals surface area contributed by atoms with Gasteiger partial charge in [0.1, 0.15) is 0 Å². The maximum atomic E-state index is 3.60. The minimum atomic E-state index is 0.811. The van der Waals surface area contributed by atoms with Gasteiger partial charge in [0.25, 0.3) is 0 Å². The van der Waals surface area contributed by atoms with Crippen molar-refractivity contribution in [1.82, 2.24) is 0 Å². The average Bonchev–Trinajstić information content (AvgIpc) is 1.77. The zero-order valence-corrected chi connectivity index (χ0v) is 6.87. The summed E-state index contributed by atoms with van der Waals surface area (Å²) in [4.78, 5) is 2.49. The molecule has 0 aromatic rings. The number of piperidine rings is 1. The van der Waals surface area contributed by atoms with Crippen LogP contribution in [0.15, 0.2) is 0 Å². The lowest BCUT2D eigenvalue weighted by Crippen LogP contribution is -3.10. The van der Waals surface area contributed by atoms with E-state index in [-0.39, 0.29) is 0 Å². The predicted molar refractivity (Wildman–Crippen MR) is 38.6 cm³/mol. The number of nitrogens with one attached hydrogen (secondary N) is 1. The molecular formula is C6H13BrN+. The summed E-state index contributed by atoms with van der Waals surface area (Å²) < 4.78 is 0. The van der Waals surface area contributed by atoms with Crippen molar-refractivity contribution < 1.29 is 4.90 Å². The zero-order valence-electron chi connectivity index (χ0n) is 5.28. The van der Waals surface area contributed by atoms with Crippen molar-refractivity contribution in [2.75, 3.05) is 20.1 Å². The molecule has 1 aliphatic heterocycles. The van der Waals surface area contributed by atoms with Crippen LogP contribution in [0, 0.1) is 0 Å². The first-order valence-corrected chi connectivity index (χ1v) is 4.16. The van der Waals surface area contributed by atoms with Crippen LogP contribution in [0.25, 0.3) is 0 Å². The van der Waals surface area contributed by atoms with Gasteiger partial charge < -0.3 is 4.90 Å². The lowest BCUT2D eigenvalue weighted by atomic mass is 10.1. The van der Waals surface area contributed by atoms with Crippen molar-refractivity contribution in [3.8, 4) is 0 Å². The van der Waals surface area contributed by atoms with Crippen LogP contribution in [0.5, 0.6) is 0 Å². The SMILES string of the molecule is C[NH+]1CCC(Br)CC1. The number of halogens is 1. The van der Waals surface area contributed by atoms with Crippen molar-refractivity contribution in [1.29, 1.82) is 0 Å². The number of hydrogen-bond acceptors (Lipinski definition) is 0. The third-order valence-corrected chi connectivity index (χ3v) is 2.68. The molecule has 1 nitrogen and oxygen atoms in total. The lowest BCUT2D eigenvalue weighted by molar-refractivity contribution is -0.884. The third-order valence-electron chi connectivity index (χ3n) is 1.77. The second-order valence-electron chi connectivity index (χ2n) is 2.63. The van der Waals surface area contributed by atoms with Gasteiger partial charge in [0.05, 0.1) is 20.1 Å². The lowest BCUT2D eigenvalue weighted by Gasteiger charge is -2.22. The summed E-state index contributed by atoms with van der Waals surface area (Å²) in [6.07, 6.45) is 2.71. The van der Waals surface area contributed by atoms with Gasteiger partial charge in [-0.2, -0.15) is 0 Å². The first kappa shape index (κ1) is 6.56. The first-order chi connectivity index (χ1) is 3.79. The summed E-state index contributed by atoms with van der Waals surface area (Å²) in [7, 11) is 2.26. The zero-order chi connectivity index (χ0) is 5.98. The van der Waals surface area contributed by atoms with Crippen LogP contribution in [0.2, 0.25) is 0 Å². The van der Waals surface area contributed by atoms with Gasteiger partial charge in [0, 0.05) is 17.7 Å². The number of rotatable bonds is 0. The Hall–Kier alpha value is 0.440. The van der Waals surface area contributed by atoms with Gasteiger partial charge in [-0.15, -0.1) is 0 Å². The monoisotopic (exact) mass is 178 g/mol. The highest BCUT2D eigenvalue weighted by atomic mass is 79.9. The highest BCUT2D eigenvalue weighted by Gasteiger charge is 2.15. The van der Waals surface area contributed by atoms with E-state index in [1.165, 1.54) is 25.9 Å². The van der Waals surface area contributed by atoms with E-state index < -0.39 is 0 Å². The summed E-state index contributed by atoms with van der Waals surface area (Å²) in [6, 6.07) is 0. The van der Waals surface area contributed by atoms with E-state index >= 15 is 0 Å². The fraction of sp³-hybridized carbons (Fsp3) is 1.00. The molecule has 8 heavy (non-hydrogen) atoms. The second kappa shape index (κ2) is 2.83. The Morgan fingerprint density at radius 3 is 2.25 bits per heavy atom. The fourth-order valence-electron chi connectivity index (χ4n) is 1.08. The van der Waals surface area contributed by atoms with Gasteiger partial charge in [-0.05, 0) is 0 Å². The van der Waals surface area contributed by atoms with Crippen LogP contribution in [0.3, 0.4) is 0 Å². The van der Waals surface area contributed by atoms with Gasteiger partial charge >= 0.3 is 0 Å². The predicted octanol–water partition coefficient (Wildman–Crippen LogP) is 0.0584. The Balaban J connectivity index is 2.19. The van der Waals surface area contributed by atoms with Gasteiger partial charge in [-0.1, -0.05) is 15.9 Å². The van der Waals surface area contributed by atoms with Crippen LogP contribution >= 0.6 is 15.9 Å². The smallest absolute Gasteiger partial charge is 0.0779 e. The minimum Gasteiger partial charge on any atom is -0.337 e. The normalized spacial score (nSPS) is 39.8. The molecule has 0 saturated carbocycles. The molecule has 1 rings (SSSR count). The second-order valence-corrected chi connectivity index (χ2v) is 3.93. The Labute approximate surface area is 59.2 Å². The molecule has 1 aliphatic rings. The number of alkyl halides is 1. The molecule has 0 aromatic carbocycles. The average molecular weight is 179 g/mol. The summed E-state index contributed by atoms with van der Waals surface area (Å²) in [6.45, 7) is 2.69. The minimum absolute atomic E-state index is 0.811. The summed E-state index contributed by atoms with van der Waals surface area (Å²) in [5.41, 5.74) is 0. The molecule has 0 aliphatic carbocycles. The van der Waals surface area contributed by atoms with Crippen LogP contribution in [-0.2, 0) is 0 Å². The highest BCUT2D eigenvalue weighted by molar-refractivity contribution is 9.09. The largest absolute Gasteiger partial charge is 0.337 e.